The number of rotatable bonds is 7. The van der Waals surface area contributed by atoms with Gasteiger partial charge in [0, 0.05) is 6.42 Å². The van der Waals surface area contributed by atoms with E-state index < -0.39 is 10.1 Å². The summed E-state index contributed by atoms with van der Waals surface area (Å²) >= 11 is 0. The minimum atomic E-state index is -3.78. The predicted octanol–water partition coefficient (Wildman–Crippen LogP) is 6.29. The van der Waals surface area contributed by atoms with E-state index in [-0.39, 0.29) is 33.9 Å². The maximum atomic E-state index is 13.0. The number of aryl methyl sites for hydroxylation is 1. The van der Waals surface area contributed by atoms with E-state index in [0.29, 0.717) is 41.9 Å². The van der Waals surface area contributed by atoms with Gasteiger partial charge in [-0.25, -0.2) is 0 Å². The van der Waals surface area contributed by atoms with Crippen LogP contribution in [0.25, 0.3) is 0 Å². The van der Waals surface area contributed by atoms with E-state index in [9.17, 15) is 18.3 Å². The molecular weight excluding hydrogens is 512 g/mol. The van der Waals surface area contributed by atoms with E-state index in [1.54, 1.807) is 12.1 Å². The minimum Gasteiger partial charge on any atom is -0.469 e. The summed E-state index contributed by atoms with van der Waals surface area (Å²) in [6.07, 6.45) is 8.46. The Hall–Kier alpha value is -1.44. The van der Waals surface area contributed by atoms with Gasteiger partial charge < -0.3 is 9.84 Å². The third-order valence-corrected chi connectivity index (χ3v) is 13.5. The van der Waals surface area contributed by atoms with E-state index in [0.717, 1.165) is 63.4 Å². The van der Waals surface area contributed by atoms with E-state index in [1.165, 1.54) is 7.11 Å². The molecule has 0 saturated heterocycles. The standard InChI is InChI=1S/C32H48O6S/c1-20-6-10-24(11-7-20)39(35,36)38-23-16-17-31(3)22(18-23)9-12-25-27-14-13-26(21(2)8-15-30(34)37-5)32(27,4)29(33)19-28(25)31/h6-7,10-11,21-23,25-29,33H,8-9,12-19H2,1-5H3/t21-,22-,23-,25+,26-,27+,28+,29+,31-,32+/m0/s1. The van der Waals surface area contributed by atoms with Crippen LogP contribution in [0.1, 0.15) is 90.5 Å². The molecule has 0 radical (unpaired) electrons. The van der Waals surface area contributed by atoms with Crippen LogP contribution in [-0.2, 0) is 23.8 Å². The Bertz CT molecular complexity index is 1150. The molecule has 0 bridgehead atoms. The summed E-state index contributed by atoms with van der Waals surface area (Å²) in [6.45, 7) is 8.95. The highest BCUT2D eigenvalue weighted by Gasteiger charge is 2.63. The third-order valence-electron chi connectivity index (χ3n) is 12.1. The zero-order chi connectivity index (χ0) is 28.2. The van der Waals surface area contributed by atoms with Gasteiger partial charge in [0.15, 0.2) is 0 Å². The third kappa shape index (κ3) is 5.10. The molecule has 1 aromatic rings. The van der Waals surface area contributed by atoms with Gasteiger partial charge in [0.2, 0.25) is 0 Å². The maximum Gasteiger partial charge on any atom is 0.305 e. The fraction of sp³-hybridized carbons (Fsp3) is 0.781. The first-order valence-electron chi connectivity index (χ1n) is 15.1. The van der Waals surface area contributed by atoms with Crippen LogP contribution in [0.15, 0.2) is 29.2 Å². The molecule has 1 N–H and O–H groups in total. The molecule has 0 amide bonds. The Morgan fingerprint density at radius 3 is 2.46 bits per heavy atom. The van der Waals surface area contributed by atoms with E-state index >= 15 is 0 Å². The van der Waals surface area contributed by atoms with Crippen molar-refractivity contribution in [3.05, 3.63) is 29.8 Å². The highest BCUT2D eigenvalue weighted by atomic mass is 32.2. The van der Waals surface area contributed by atoms with Gasteiger partial charge >= 0.3 is 5.97 Å². The van der Waals surface area contributed by atoms with Gasteiger partial charge in [0.25, 0.3) is 10.1 Å². The number of carbonyl (C=O) groups excluding carboxylic acids is 1. The summed E-state index contributed by atoms with van der Waals surface area (Å²) in [5.74, 6) is 2.63. The van der Waals surface area contributed by atoms with Gasteiger partial charge in [0.1, 0.15) is 0 Å². The fourth-order valence-corrected chi connectivity index (χ4v) is 10.9. The molecule has 4 fully saturated rings. The second-order valence-electron chi connectivity index (χ2n) is 13.8. The molecule has 0 unspecified atom stereocenters. The Labute approximate surface area is 235 Å². The van der Waals surface area contributed by atoms with Crippen LogP contribution in [0.4, 0.5) is 0 Å². The Balaban J connectivity index is 1.28. The second kappa shape index (κ2) is 10.8. The van der Waals surface area contributed by atoms with Gasteiger partial charge in [-0.2, -0.15) is 8.42 Å². The maximum absolute atomic E-state index is 13.0. The van der Waals surface area contributed by atoms with Crippen LogP contribution in [0.5, 0.6) is 0 Å². The van der Waals surface area contributed by atoms with Crippen molar-refractivity contribution in [2.24, 2.45) is 46.3 Å². The fourth-order valence-electron chi connectivity index (χ4n) is 9.82. The zero-order valence-corrected chi connectivity index (χ0v) is 25.2. The summed E-state index contributed by atoms with van der Waals surface area (Å²) in [5.41, 5.74) is 1.02. The number of aliphatic hydroxyl groups is 1. The van der Waals surface area contributed by atoms with Gasteiger partial charge in [-0.1, -0.05) is 38.5 Å². The van der Waals surface area contributed by atoms with Crippen molar-refractivity contribution < 1.29 is 27.2 Å². The molecule has 39 heavy (non-hydrogen) atoms. The van der Waals surface area contributed by atoms with Crippen LogP contribution in [-0.4, -0.2) is 38.8 Å². The van der Waals surface area contributed by atoms with Crippen molar-refractivity contribution in [1.82, 2.24) is 0 Å². The van der Waals surface area contributed by atoms with Crippen molar-refractivity contribution in [3.8, 4) is 0 Å². The monoisotopic (exact) mass is 560 g/mol. The number of fused-ring (bicyclic) bond motifs is 5. The molecule has 0 heterocycles. The van der Waals surface area contributed by atoms with Crippen molar-refractivity contribution in [3.63, 3.8) is 0 Å². The SMILES string of the molecule is COC(=O)CC[C@H](C)[C@@H]1CC[C@@H]2[C@H]3CC[C@H]4C[C@@H](OS(=O)(=O)c5ccc(C)cc5)CC[C@]4(C)[C@@H]3C[C@@H](O)[C@@]21C. The normalized spacial score (nSPS) is 40.7. The van der Waals surface area contributed by atoms with Gasteiger partial charge in [-0.3, -0.25) is 8.98 Å². The molecule has 4 saturated carbocycles. The molecule has 5 rings (SSSR count). The van der Waals surface area contributed by atoms with Gasteiger partial charge in [-0.15, -0.1) is 0 Å². The second-order valence-corrected chi connectivity index (χ2v) is 15.4. The van der Waals surface area contributed by atoms with Crippen LogP contribution >= 0.6 is 0 Å². The smallest absolute Gasteiger partial charge is 0.305 e. The van der Waals surface area contributed by atoms with Crippen molar-refractivity contribution in [2.45, 2.75) is 109 Å². The lowest BCUT2D eigenvalue weighted by Gasteiger charge is -2.62. The molecule has 7 heteroatoms. The largest absolute Gasteiger partial charge is 0.469 e. The number of carbonyl (C=O) groups is 1. The van der Waals surface area contributed by atoms with E-state index in [4.69, 9.17) is 8.92 Å². The molecule has 10 atom stereocenters. The van der Waals surface area contributed by atoms with Crippen LogP contribution in [0.2, 0.25) is 0 Å². The van der Waals surface area contributed by atoms with Crippen molar-refractivity contribution in [2.75, 3.05) is 7.11 Å². The average Bonchev–Trinajstić information content (AvgIpc) is 3.26. The molecule has 0 aromatic heterocycles. The average molecular weight is 561 g/mol. The summed E-state index contributed by atoms with van der Waals surface area (Å²) in [5, 5.41) is 11.8. The van der Waals surface area contributed by atoms with Gasteiger partial charge in [-0.05, 0) is 123 Å². The predicted molar refractivity (Wildman–Crippen MR) is 150 cm³/mol. The highest BCUT2D eigenvalue weighted by molar-refractivity contribution is 7.86. The first kappa shape index (κ1) is 29.1. The number of esters is 1. The lowest BCUT2D eigenvalue weighted by Crippen LogP contribution is -2.59. The van der Waals surface area contributed by atoms with Crippen molar-refractivity contribution in [1.29, 1.82) is 0 Å². The van der Waals surface area contributed by atoms with Crippen LogP contribution < -0.4 is 0 Å². The molecule has 0 aliphatic heterocycles. The Morgan fingerprint density at radius 2 is 1.77 bits per heavy atom. The summed E-state index contributed by atoms with van der Waals surface area (Å²) in [6, 6.07) is 6.89. The van der Waals surface area contributed by atoms with Crippen molar-refractivity contribution >= 4 is 16.1 Å². The number of aliphatic hydroxyl groups excluding tert-OH is 1. The molecule has 218 valence electrons. The first-order valence-corrected chi connectivity index (χ1v) is 16.6. The number of hydrogen-bond donors (Lipinski definition) is 1. The number of methoxy groups -OCH3 is 1. The van der Waals surface area contributed by atoms with Crippen LogP contribution in [0, 0.1) is 53.3 Å². The molecule has 4 aliphatic rings. The van der Waals surface area contributed by atoms with E-state index in [1.807, 2.05) is 19.1 Å². The summed E-state index contributed by atoms with van der Waals surface area (Å²) < 4.78 is 36.7. The topological polar surface area (TPSA) is 89.9 Å². The van der Waals surface area contributed by atoms with Crippen LogP contribution in [0.3, 0.4) is 0 Å². The first-order chi connectivity index (χ1) is 18.4. The highest BCUT2D eigenvalue weighted by Crippen LogP contribution is 2.68. The summed E-state index contributed by atoms with van der Waals surface area (Å²) in [4.78, 5) is 12.0. The Morgan fingerprint density at radius 1 is 1.05 bits per heavy atom. The quantitative estimate of drug-likeness (QED) is 0.311. The molecule has 1 aromatic carbocycles. The lowest BCUT2D eigenvalue weighted by molar-refractivity contribution is -0.173. The molecule has 6 nitrogen and oxygen atoms in total. The molecule has 4 aliphatic carbocycles. The molecule has 0 spiro atoms. The lowest BCUT2D eigenvalue weighted by atomic mass is 9.43. The minimum absolute atomic E-state index is 0.104. The molecular formula is C32H48O6S. The number of hydrogen-bond acceptors (Lipinski definition) is 6. The number of ether oxygens (including phenoxy) is 1. The Kier molecular flexibility index (Phi) is 8.02. The van der Waals surface area contributed by atoms with Gasteiger partial charge in [0.05, 0.1) is 24.2 Å². The summed E-state index contributed by atoms with van der Waals surface area (Å²) in [7, 11) is -2.33. The zero-order valence-electron chi connectivity index (χ0n) is 24.4. The van der Waals surface area contributed by atoms with E-state index in [2.05, 4.69) is 20.8 Å². The number of benzene rings is 1.